The summed E-state index contributed by atoms with van der Waals surface area (Å²) in [6.07, 6.45) is 1.41. The fourth-order valence-corrected chi connectivity index (χ4v) is 2.13. The van der Waals surface area contributed by atoms with Crippen LogP contribution in [0.1, 0.15) is 0 Å². The highest BCUT2D eigenvalue weighted by molar-refractivity contribution is 5.66. The lowest BCUT2D eigenvalue weighted by Gasteiger charge is -2.10. The highest BCUT2D eigenvalue weighted by atomic mass is 19.1. The molecule has 4 N–H and O–H groups in total. The fourth-order valence-electron chi connectivity index (χ4n) is 2.13. The van der Waals surface area contributed by atoms with Crippen LogP contribution in [0.3, 0.4) is 0 Å². The van der Waals surface area contributed by atoms with Gasteiger partial charge in [-0.25, -0.2) is 14.4 Å². The molecule has 0 aliphatic heterocycles. The van der Waals surface area contributed by atoms with Crippen molar-refractivity contribution in [3.8, 4) is 5.75 Å². The van der Waals surface area contributed by atoms with Crippen LogP contribution in [0.25, 0.3) is 0 Å². The molecule has 6 nitrogen and oxygen atoms in total. The zero-order valence-corrected chi connectivity index (χ0v) is 12.9. The van der Waals surface area contributed by atoms with Gasteiger partial charge in [0, 0.05) is 36.2 Å². The molecule has 3 rings (SSSR count). The number of rotatable bonds is 5. The standard InChI is InChI=1S/C17H16FN5O/c1-19-11-3-2-4-12(7-11)22-16-9-17(21-10-20-16)23-13-5-6-14(18)15(24)8-13/h2-10,19,24H,1H3,(H2,20,21,22,23). The van der Waals surface area contributed by atoms with Crippen LogP contribution in [0, 0.1) is 5.82 Å². The van der Waals surface area contributed by atoms with Crippen molar-refractivity contribution >= 4 is 28.7 Å². The molecule has 3 aromatic rings. The summed E-state index contributed by atoms with van der Waals surface area (Å²) in [6.45, 7) is 0. The van der Waals surface area contributed by atoms with Crippen molar-refractivity contribution < 1.29 is 9.50 Å². The first-order valence-electron chi connectivity index (χ1n) is 7.26. The number of nitrogens with zero attached hydrogens (tertiary/aromatic N) is 2. The third-order valence-electron chi connectivity index (χ3n) is 3.31. The molecule has 0 saturated heterocycles. The Balaban J connectivity index is 1.77. The zero-order valence-electron chi connectivity index (χ0n) is 12.9. The summed E-state index contributed by atoms with van der Waals surface area (Å²) in [4.78, 5) is 8.28. The lowest BCUT2D eigenvalue weighted by atomic mass is 10.2. The Hall–Kier alpha value is -3.35. The predicted molar refractivity (Wildman–Crippen MR) is 92.7 cm³/mol. The van der Waals surface area contributed by atoms with E-state index in [1.54, 1.807) is 6.07 Å². The molecule has 24 heavy (non-hydrogen) atoms. The number of phenolic OH excluding ortho intramolecular Hbond substituents is 1. The van der Waals surface area contributed by atoms with E-state index in [4.69, 9.17) is 0 Å². The van der Waals surface area contributed by atoms with Crippen molar-refractivity contribution in [1.29, 1.82) is 0 Å². The van der Waals surface area contributed by atoms with Gasteiger partial charge < -0.3 is 21.1 Å². The van der Waals surface area contributed by atoms with E-state index in [2.05, 4.69) is 25.9 Å². The van der Waals surface area contributed by atoms with Crippen molar-refractivity contribution in [2.24, 2.45) is 0 Å². The normalized spacial score (nSPS) is 10.2. The molecule has 0 amide bonds. The van der Waals surface area contributed by atoms with Crippen molar-refractivity contribution in [2.45, 2.75) is 0 Å². The summed E-state index contributed by atoms with van der Waals surface area (Å²) in [5.74, 6) is 0.0293. The van der Waals surface area contributed by atoms with Gasteiger partial charge in [-0.1, -0.05) is 6.07 Å². The number of aromatic nitrogens is 2. The van der Waals surface area contributed by atoms with E-state index in [1.807, 2.05) is 31.3 Å². The van der Waals surface area contributed by atoms with E-state index in [0.717, 1.165) is 11.4 Å². The molecule has 122 valence electrons. The Morgan fingerprint density at radius 1 is 0.875 bits per heavy atom. The van der Waals surface area contributed by atoms with Crippen LogP contribution < -0.4 is 16.0 Å². The molecule has 1 aromatic heterocycles. The smallest absolute Gasteiger partial charge is 0.164 e. The number of benzene rings is 2. The van der Waals surface area contributed by atoms with Crippen LogP contribution in [0.5, 0.6) is 5.75 Å². The Morgan fingerprint density at radius 2 is 1.54 bits per heavy atom. The third-order valence-corrected chi connectivity index (χ3v) is 3.31. The van der Waals surface area contributed by atoms with Crippen molar-refractivity contribution in [1.82, 2.24) is 9.97 Å². The number of phenols is 1. The monoisotopic (exact) mass is 325 g/mol. The summed E-state index contributed by atoms with van der Waals surface area (Å²) in [7, 11) is 1.85. The topological polar surface area (TPSA) is 82.1 Å². The third kappa shape index (κ3) is 3.70. The molecular formula is C17H16FN5O. The van der Waals surface area contributed by atoms with E-state index < -0.39 is 11.6 Å². The van der Waals surface area contributed by atoms with Gasteiger partial charge >= 0.3 is 0 Å². The number of aromatic hydroxyl groups is 1. The number of hydrogen-bond acceptors (Lipinski definition) is 6. The van der Waals surface area contributed by atoms with Crippen molar-refractivity contribution in [2.75, 3.05) is 23.0 Å². The summed E-state index contributed by atoms with van der Waals surface area (Å²) in [5.41, 5.74) is 2.39. The van der Waals surface area contributed by atoms with Crippen LogP contribution >= 0.6 is 0 Å². The van der Waals surface area contributed by atoms with E-state index in [9.17, 15) is 9.50 Å². The molecule has 0 aliphatic rings. The maximum atomic E-state index is 13.1. The molecule has 0 fully saturated rings. The molecule has 0 bridgehead atoms. The Bertz CT molecular complexity index is 856. The minimum Gasteiger partial charge on any atom is -0.505 e. The van der Waals surface area contributed by atoms with Crippen LogP contribution in [0.4, 0.5) is 33.1 Å². The number of anilines is 5. The van der Waals surface area contributed by atoms with Gasteiger partial charge in [-0.05, 0) is 30.3 Å². The van der Waals surface area contributed by atoms with Gasteiger partial charge in [-0.2, -0.15) is 0 Å². The van der Waals surface area contributed by atoms with Crippen LogP contribution in [-0.2, 0) is 0 Å². The van der Waals surface area contributed by atoms with Crippen LogP contribution in [-0.4, -0.2) is 22.1 Å². The first-order chi connectivity index (χ1) is 11.6. The highest BCUT2D eigenvalue weighted by Crippen LogP contribution is 2.24. The van der Waals surface area contributed by atoms with Gasteiger partial charge in [0.25, 0.3) is 0 Å². The summed E-state index contributed by atoms with van der Waals surface area (Å²) < 4.78 is 13.1. The molecule has 1 heterocycles. The quantitative estimate of drug-likeness (QED) is 0.570. The second kappa shape index (κ2) is 6.82. The molecule has 0 aliphatic carbocycles. The van der Waals surface area contributed by atoms with Crippen molar-refractivity contribution in [3.05, 3.63) is 60.7 Å². The van der Waals surface area contributed by atoms with Gasteiger partial charge in [-0.15, -0.1) is 0 Å². The second-order valence-corrected chi connectivity index (χ2v) is 5.04. The zero-order chi connectivity index (χ0) is 16.9. The second-order valence-electron chi connectivity index (χ2n) is 5.04. The summed E-state index contributed by atoms with van der Waals surface area (Å²) in [6, 6.07) is 13.5. The predicted octanol–water partition coefficient (Wildman–Crippen LogP) is 3.85. The highest BCUT2D eigenvalue weighted by Gasteiger charge is 2.04. The first kappa shape index (κ1) is 15.5. The molecule has 0 spiro atoms. The van der Waals surface area contributed by atoms with Gasteiger partial charge in [0.2, 0.25) is 0 Å². The van der Waals surface area contributed by atoms with Gasteiger partial charge in [0.15, 0.2) is 11.6 Å². The van der Waals surface area contributed by atoms with Gasteiger partial charge in [0.1, 0.15) is 18.0 Å². The van der Waals surface area contributed by atoms with E-state index in [0.29, 0.717) is 17.3 Å². The fraction of sp³-hybridized carbons (Fsp3) is 0.0588. The van der Waals surface area contributed by atoms with E-state index in [1.165, 1.54) is 24.5 Å². The molecule has 0 unspecified atom stereocenters. The largest absolute Gasteiger partial charge is 0.505 e. The Morgan fingerprint density at radius 3 is 2.21 bits per heavy atom. The van der Waals surface area contributed by atoms with Crippen molar-refractivity contribution in [3.63, 3.8) is 0 Å². The SMILES string of the molecule is CNc1cccc(Nc2cc(Nc3ccc(F)c(O)c3)ncn2)c1. The molecule has 0 atom stereocenters. The minimum absolute atomic E-state index is 0.420. The number of hydrogen-bond donors (Lipinski definition) is 4. The van der Waals surface area contributed by atoms with Gasteiger partial charge in [0.05, 0.1) is 0 Å². The molecule has 7 heteroatoms. The average molecular weight is 325 g/mol. The maximum absolute atomic E-state index is 13.1. The molecule has 0 saturated carbocycles. The average Bonchev–Trinajstić information content (AvgIpc) is 2.59. The van der Waals surface area contributed by atoms with Gasteiger partial charge in [-0.3, -0.25) is 0 Å². The summed E-state index contributed by atoms with van der Waals surface area (Å²) >= 11 is 0. The maximum Gasteiger partial charge on any atom is 0.164 e. The van der Waals surface area contributed by atoms with E-state index in [-0.39, 0.29) is 0 Å². The first-order valence-corrected chi connectivity index (χ1v) is 7.26. The molecular weight excluding hydrogens is 309 g/mol. The molecule has 2 aromatic carbocycles. The minimum atomic E-state index is -0.671. The molecule has 0 radical (unpaired) electrons. The Labute approximate surface area is 138 Å². The Kier molecular flexibility index (Phi) is 4.42. The number of halogens is 1. The number of nitrogens with one attached hydrogen (secondary N) is 3. The lowest BCUT2D eigenvalue weighted by Crippen LogP contribution is -1.99. The van der Waals surface area contributed by atoms with Crippen LogP contribution in [0.15, 0.2) is 54.9 Å². The van der Waals surface area contributed by atoms with E-state index >= 15 is 0 Å². The summed E-state index contributed by atoms with van der Waals surface area (Å²) in [5, 5.41) is 18.7. The van der Waals surface area contributed by atoms with Crippen LogP contribution in [0.2, 0.25) is 0 Å². The lowest BCUT2D eigenvalue weighted by molar-refractivity contribution is 0.433.